The molecule has 2 aliphatic rings. The van der Waals surface area contributed by atoms with Crippen LogP contribution >= 0.6 is 0 Å². The molecule has 1 saturated carbocycles. The van der Waals surface area contributed by atoms with Gasteiger partial charge in [-0.2, -0.15) is 0 Å². The smallest absolute Gasteiger partial charge is 0.319 e. The number of aliphatic hydroxyl groups is 1. The first-order valence-electron chi connectivity index (χ1n) is 10.6. The van der Waals surface area contributed by atoms with E-state index in [-0.39, 0.29) is 18.5 Å². The molecule has 3 N–H and O–H groups in total. The third kappa shape index (κ3) is 5.71. The molecule has 1 saturated heterocycles. The van der Waals surface area contributed by atoms with Crippen molar-refractivity contribution in [2.45, 2.75) is 63.9 Å². The summed E-state index contributed by atoms with van der Waals surface area (Å²) in [6.07, 6.45) is 7.89. The highest BCUT2D eigenvalue weighted by molar-refractivity contribution is 5.95. The second-order valence-corrected chi connectivity index (χ2v) is 8.50. The van der Waals surface area contributed by atoms with Gasteiger partial charge in [0.05, 0.1) is 5.60 Å². The number of carbonyl (C=O) groups is 2. The first-order chi connectivity index (χ1) is 13.5. The van der Waals surface area contributed by atoms with Crippen molar-refractivity contribution in [3.05, 3.63) is 29.8 Å². The van der Waals surface area contributed by atoms with Gasteiger partial charge in [-0.25, -0.2) is 4.79 Å². The van der Waals surface area contributed by atoms with E-state index in [2.05, 4.69) is 17.6 Å². The van der Waals surface area contributed by atoms with Crippen molar-refractivity contribution in [3.63, 3.8) is 0 Å². The second kappa shape index (κ2) is 9.41. The van der Waals surface area contributed by atoms with Gasteiger partial charge in [0.15, 0.2) is 0 Å². The Morgan fingerprint density at radius 1 is 1.07 bits per heavy atom. The predicted octanol–water partition coefficient (Wildman–Crippen LogP) is 3.77. The molecule has 6 heteroatoms. The maximum Gasteiger partial charge on any atom is 0.319 e. The molecule has 0 bridgehead atoms. The Morgan fingerprint density at radius 2 is 1.68 bits per heavy atom. The minimum atomic E-state index is -0.796. The Labute approximate surface area is 167 Å². The SMILES string of the molecule is CC1CCN(C(=O)c2ccc(NC(=O)NCC3(O)CCCCCC3)cc2)CC1. The molecular formula is C22H33N3O3. The summed E-state index contributed by atoms with van der Waals surface area (Å²) < 4.78 is 0. The van der Waals surface area contributed by atoms with Crippen molar-refractivity contribution in [3.8, 4) is 0 Å². The first-order valence-corrected chi connectivity index (χ1v) is 10.6. The van der Waals surface area contributed by atoms with Crippen LogP contribution in [0.4, 0.5) is 10.5 Å². The third-order valence-electron chi connectivity index (χ3n) is 6.07. The average molecular weight is 388 g/mol. The Hall–Kier alpha value is -2.08. The zero-order valence-corrected chi connectivity index (χ0v) is 16.9. The van der Waals surface area contributed by atoms with E-state index in [1.165, 1.54) is 0 Å². The number of hydrogen-bond acceptors (Lipinski definition) is 3. The summed E-state index contributed by atoms with van der Waals surface area (Å²) >= 11 is 0. The van der Waals surface area contributed by atoms with Crippen molar-refractivity contribution in [2.24, 2.45) is 5.92 Å². The maximum absolute atomic E-state index is 12.6. The van der Waals surface area contributed by atoms with Gasteiger partial charge in [0.25, 0.3) is 5.91 Å². The molecule has 1 aliphatic heterocycles. The molecular weight excluding hydrogens is 354 g/mol. The van der Waals surface area contributed by atoms with Gasteiger partial charge in [-0.05, 0) is 55.9 Å². The molecule has 3 rings (SSSR count). The van der Waals surface area contributed by atoms with Gasteiger partial charge in [-0.15, -0.1) is 0 Å². The van der Waals surface area contributed by atoms with E-state index in [0.29, 0.717) is 17.2 Å². The van der Waals surface area contributed by atoms with Crippen LogP contribution < -0.4 is 10.6 Å². The Bertz CT molecular complexity index is 658. The summed E-state index contributed by atoms with van der Waals surface area (Å²) in [4.78, 5) is 26.7. The Kier molecular flexibility index (Phi) is 6.94. The highest BCUT2D eigenvalue weighted by Gasteiger charge is 2.28. The number of urea groups is 1. The van der Waals surface area contributed by atoms with Gasteiger partial charge < -0.3 is 20.6 Å². The van der Waals surface area contributed by atoms with Gasteiger partial charge in [-0.1, -0.05) is 32.6 Å². The van der Waals surface area contributed by atoms with E-state index in [1.807, 2.05) is 4.90 Å². The summed E-state index contributed by atoms with van der Waals surface area (Å²) in [5, 5.41) is 16.2. The minimum Gasteiger partial charge on any atom is -0.388 e. The zero-order chi connectivity index (χ0) is 20.0. The lowest BCUT2D eigenvalue weighted by molar-refractivity contribution is 0.0281. The fourth-order valence-electron chi connectivity index (χ4n) is 4.07. The number of carbonyl (C=O) groups excluding carboxylic acids is 2. The topological polar surface area (TPSA) is 81.7 Å². The molecule has 3 amide bonds. The fourth-order valence-corrected chi connectivity index (χ4v) is 4.07. The van der Waals surface area contributed by atoms with Crippen LogP contribution in [0.1, 0.15) is 68.6 Å². The monoisotopic (exact) mass is 387 g/mol. The molecule has 1 heterocycles. The molecule has 0 aromatic heterocycles. The highest BCUT2D eigenvalue weighted by Crippen LogP contribution is 2.26. The molecule has 1 aliphatic carbocycles. The van der Waals surface area contributed by atoms with Crippen molar-refractivity contribution in [2.75, 3.05) is 25.0 Å². The third-order valence-corrected chi connectivity index (χ3v) is 6.07. The van der Waals surface area contributed by atoms with Crippen LogP contribution in [0.15, 0.2) is 24.3 Å². The predicted molar refractivity (Wildman–Crippen MR) is 110 cm³/mol. The lowest BCUT2D eigenvalue weighted by Gasteiger charge is -2.30. The van der Waals surface area contributed by atoms with Gasteiger partial charge in [0, 0.05) is 30.9 Å². The summed E-state index contributed by atoms with van der Waals surface area (Å²) in [6, 6.07) is 6.69. The van der Waals surface area contributed by atoms with Crippen LogP contribution in [-0.4, -0.2) is 47.2 Å². The first kappa shape index (κ1) is 20.6. The van der Waals surface area contributed by atoms with Crippen molar-refractivity contribution < 1.29 is 14.7 Å². The average Bonchev–Trinajstić information content (AvgIpc) is 2.92. The number of amides is 3. The Morgan fingerprint density at radius 3 is 2.29 bits per heavy atom. The zero-order valence-electron chi connectivity index (χ0n) is 16.9. The molecule has 28 heavy (non-hydrogen) atoms. The van der Waals surface area contributed by atoms with Crippen molar-refractivity contribution in [1.82, 2.24) is 10.2 Å². The van der Waals surface area contributed by atoms with Crippen LogP contribution in [0.3, 0.4) is 0 Å². The van der Waals surface area contributed by atoms with Gasteiger partial charge in [-0.3, -0.25) is 4.79 Å². The van der Waals surface area contributed by atoms with E-state index in [1.54, 1.807) is 24.3 Å². The number of hydrogen-bond donors (Lipinski definition) is 3. The number of likely N-dealkylation sites (tertiary alicyclic amines) is 1. The lowest BCUT2D eigenvalue weighted by atomic mass is 9.95. The van der Waals surface area contributed by atoms with Crippen LogP contribution in [0.2, 0.25) is 0 Å². The standard InChI is InChI=1S/C22H33N3O3/c1-17-10-14-25(15-11-17)20(26)18-6-8-19(9-7-18)24-21(27)23-16-22(28)12-4-2-3-5-13-22/h6-9,17,28H,2-5,10-16H2,1H3,(H2,23,24,27). The van der Waals surface area contributed by atoms with E-state index < -0.39 is 5.60 Å². The van der Waals surface area contributed by atoms with Gasteiger partial charge in [0.1, 0.15) is 0 Å². The number of rotatable bonds is 4. The molecule has 1 aromatic rings. The van der Waals surface area contributed by atoms with Crippen molar-refractivity contribution >= 4 is 17.6 Å². The largest absolute Gasteiger partial charge is 0.388 e. The maximum atomic E-state index is 12.6. The summed E-state index contributed by atoms with van der Waals surface area (Å²) in [5.74, 6) is 0.740. The van der Waals surface area contributed by atoms with Gasteiger partial charge >= 0.3 is 6.03 Å². The molecule has 0 unspecified atom stereocenters. The lowest BCUT2D eigenvalue weighted by Crippen LogP contribution is -2.44. The fraction of sp³-hybridized carbons (Fsp3) is 0.636. The molecule has 154 valence electrons. The highest BCUT2D eigenvalue weighted by atomic mass is 16.3. The van der Waals surface area contributed by atoms with Crippen molar-refractivity contribution in [1.29, 1.82) is 0 Å². The van der Waals surface area contributed by atoms with E-state index >= 15 is 0 Å². The molecule has 0 atom stereocenters. The minimum absolute atomic E-state index is 0.0542. The molecule has 0 spiro atoms. The molecule has 1 aromatic carbocycles. The second-order valence-electron chi connectivity index (χ2n) is 8.50. The Balaban J connectivity index is 1.48. The van der Waals surface area contributed by atoms with Crippen LogP contribution in [0.25, 0.3) is 0 Å². The van der Waals surface area contributed by atoms with Crippen LogP contribution in [0, 0.1) is 5.92 Å². The summed E-state index contributed by atoms with van der Waals surface area (Å²) in [5.41, 5.74) is 0.484. The van der Waals surface area contributed by atoms with Crippen LogP contribution in [0.5, 0.6) is 0 Å². The van der Waals surface area contributed by atoms with Gasteiger partial charge in [0.2, 0.25) is 0 Å². The summed E-state index contributed by atoms with van der Waals surface area (Å²) in [7, 11) is 0. The number of piperidine rings is 1. The number of nitrogens with zero attached hydrogens (tertiary/aromatic N) is 1. The molecule has 6 nitrogen and oxygen atoms in total. The van der Waals surface area contributed by atoms with Crippen LogP contribution in [-0.2, 0) is 0 Å². The number of anilines is 1. The summed E-state index contributed by atoms with van der Waals surface area (Å²) in [6.45, 7) is 4.11. The van der Waals surface area contributed by atoms with E-state index in [0.717, 1.165) is 64.5 Å². The van der Waals surface area contributed by atoms with E-state index in [4.69, 9.17) is 0 Å². The van der Waals surface area contributed by atoms with E-state index in [9.17, 15) is 14.7 Å². The number of benzene rings is 1. The molecule has 0 radical (unpaired) electrons. The number of nitrogens with one attached hydrogen (secondary N) is 2. The quantitative estimate of drug-likeness (QED) is 0.688. The normalized spacial score (nSPS) is 20.3. The molecule has 2 fully saturated rings.